The Labute approximate surface area is 88.7 Å². The second kappa shape index (κ2) is 8.01. The van der Waals surface area contributed by atoms with Gasteiger partial charge in [0.1, 0.15) is 0 Å². The molecule has 0 aliphatic carbocycles. The number of alkyl halides is 2. The van der Waals surface area contributed by atoms with Crippen molar-refractivity contribution in [2.24, 2.45) is 0 Å². The van der Waals surface area contributed by atoms with Crippen LogP contribution in [-0.4, -0.2) is 34.4 Å². The van der Waals surface area contributed by atoms with Crippen LogP contribution in [0.4, 0.5) is 0 Å². The van der Waals surface area contributed by atoms with Gasteiger partial charge in [-0.05, 0) is 6.42 Å². The van der Waals surface area contributed by atoms with E-state index in [1.807, 2.05) is 0 Å². The highest BCUT2D eigenvalue weighted by molar-refractivity contribution is 9.09. The molecule has 0 spiro atoms. The van der Waals surface area contributed by atoms with Crippen LogP contribution in [0.2, 0.25) is 0 Å². The molecule has 0 heterocycles. The molecular weight excluding hydrogens is 292 g/mol. The molecule has 0 saturated carbocycles. The van der Waals surface area contributed by atoms with E-state index >= 15 is 0 Å². The van der Waals surface area contributed by atoms with Gasteiger partial charge < -0.3 is 9.84 Å². The van der Waals surface area contributed by atoms with Gasteiger partial charge >= 0.3 is 5.97 Å². The second-order valence-corrected chi connectivity index (χ2v) is 3.71. The smallest absolute Gasteiger partial charge is 0.303 e. The Morgan fingerprint density at radius 2 is 2.17 bits per heavy atom. The third-order valence-corrected chi connectivity index (χ3v) is 2.33. The molecule has 0 aromatic carbocycles. The van der Waals surface area contributed by atoms with Crippen molar-refractivity contribution in [3.05, 3.63) is 0 Å². The lowest BCUT2D eigenvalue weighted by atomic mass is 10.2. The first-order valence-corrected chi connectivity index (χ1v) is 5.90. The molecule has 5 heteroatoms. The highest BCUT2D eigenvalue weighted by Crippen LogP contribution is 2.06. The molecule has 0 aromatic rings. The lowest BCUT2D eigenvalue weighted by Crippen LogP contribution is -2.17. The minimum absolute atomic E-state index is 0.0126. The van der Waals surface area contributed by atoms with Crippen LogP contribution < -0.4 is 0 Å². The molecule has 1 N–H and O–H groups in total. The monoisotopic (exact) mass is 302 g/mol. The molecule has 1 unspecified atom stereocenters. The molecule has 0 saturated heterocycles. The van der Waals surface area contributed by atoms with E-state index in [2.05, 4.69) is 31.9 Å². The summed E-state index contributed by atoms with van der Waals surface area (Å²) in [7, 11) is 0. The standard InChI is InChI=1S/C7H12Br2O3/c8-3-4-12-6(5-9)1-2-7(10)11/h6H,1-5H2,(H,10,11). The van der Waals surface area contributed by atoms with E-state index in [0.29, 0.717) is 18.4 Å². The molecule has 0 radical (unpaired) electrons. The van der Waals surface area contributed by atoms with Gasteiger partial charge in [-0.15, -0.1) is 0 Å². The quantitative estimate of drug-likeness (QED) is 0.732. The summed E-state index contributed by atoms with van der Waals surface area (Å²) in [5.74, 6) is -0.775. The van der Waals surface area contributed by atoms with Crippen LogP contribution in [0, 0.1) is 0 Å². The van der Waals surface area contributed by atoms with E-state index in [4.69, 9.17) is 9.84 Å². The molecule has 1 atom stereocenters. The predicted octanol–water partition coefficient (Wildman–Crippen LogP) is 2.03. The van der Waals surface area contributed by atoms with Crippen molar-refractivity contribution in [3.8, 4) is 0 Å². The summed E-state index contributed by atoms with van der Waals surface area (Å²) in [6.07, 6.45) is 0.741. The van der Waals surface area contributed by atoms with E-state index in [-0.39, 0.29) is 12.5 Å². The van der Waals surface area contributed by atoms with E-state index in [9.17, 15) is 4.79 Å². The lowest BCUT2D eigenvalue weighted by Gasteiger charge is -2.12. The summed E-state index contributed by atoms with van der Waals surface area (Å²) in [6, 6.07) is 0. The minimum atomic E-state index is -0.775. The predicted molar refractivity (Wildman–Crippen MR) is 54.2 cm³/mol. The van der Waals surface area contributed by atoms with Gasteiger partial charge in [0.05, 0.1) is 12.7 Å². The van der Waals surface area contributed by atoms with Crippen molar-refractivity contribution in [2.75, 3.05) is 17.3 Å². The fraction of sp³-hybridized carbons (Fsp3) is 0.857. The van der Waals surface area contributed by atoms with Crippen LogP contribution in [0.3, 0.4) is 0 Å². The van der Waals surface area contributed by atoms with Crippen LogP contribution in [0.1, 0.15) is 12.8 Å². The molecule has 0 fully saturated rings. The van der Waals surface area contributed by atoms with Crippen LogP contribution in [0.25, 0.3) is 0 Å². The number of hydrogen-bond donors (Lipinski definition) is 1. The van der Waals surface area contributed by atoms with Crippen molar-refractivity contribution in [1.82, 2.24) is 0 Å². The largest absolute Gasteiger partial charge is 0.481 e. The summed E-state index contributed by atoms with van der Waals surface area (Å²) in [4.78, 5) is 10.2. The average Bonchev–Trinajstić information content (AvgIpc) is 2.05. The Balaban J connectivity index is 3.45. The molecule has 0 aliphatic rings. The first kappa shape index (κ1) is 12.4. The molecule has 0 bridgehead atoms. The van der Waals surface area contributed by atoms with Crippen LogP contribution in [0.5, 0.6) is 0 Å². The van der Waals surface area contributed by atoms with Crippen molar-refractivity contribution >= 4 is 37.8 Å². The highest BCUT2D eigenvalue weighted by Gasteiger charge is 2.08. The summed E-state index contributed by atoms with van der Waals surface area (Å²) >= 11 is 6.49. The number of hydrogen-bond acceptors (Lipinski definition) is 2. The number of carboxylic acid groups (broad SMARTS) is 1. The van der Waals surface area contributed by atoms with Gasteiger partial charge in [0.2, 0.25) is 0 Å². The zero-order valence-electron chi connectivity index (χ0n) is 6.63. The van der Waals surface area contributed by atoms with Crippen LogP contribution >= 0.6 is 31.9 Å². The van der Waals surface area contributed by atoms with Gasteiger partial charge in [-0.3, -0.25) is 4.79 Å². The molecule has 3 nitrogen and oxygen atoms in total. The van der Waals surface area contributed by atoms with Gasteiger partial charge in [0.25, 0.3) is 0 Å². The number of halogens is 2. The minimum Gasteiger partial charge on any atom is -0.481 e. The van der Waals surface area contributed by atoms with Crippen molar-refractivity contribution in [2.45, 2.75) is 18.9 Å². The molecular formula is C7H12Br2O3. The fourth-order valence-electron chi connectivity index (χ4n) is 0.701. The number of carbonyl (C=O) groups is 1. The Morgan fingerprint density at radius 3 is 2.58 bits per heavy atom. The van der Waals surface area contributed by atoms with Crippen LogP contribution in [0.15, 0.2) is 0 Å². The SMILES string of the molecule is O=C(O)CCC(CBr)OCCBr. The number of ether oxygens (including phenoxy) is 1. The highest BCUT2D eigenvalue weighted by atomic mass is 79.9. The third-order valence-electron chi connectivity index (χ3n) is 1.28. The topological polar surface area (TPSA) is 46.5 Å². The van der Waals surface area contributed by atoms with Crippen molar-refractivity contribution < 1.29 is 14.6 Å². The number of rotatable bonds is 7. The summed E-state index contributed by atoms with van der Waals surface area (Å²) in [5.41, 5.74) is 0. The Hall–Kier alpha value is 0.390. The molecule has 12 heavy (non-hydrogen) atoms. The molecule has 0 rings (SSSR count). The Morgan fingerprint density at radius 1 is 1.50 bits per heavy atom. The number of carboxylic acids is 1. The van der Waals surface area contributed by atoms with Gasteiger partial charge in [-0.2, -0.15) is 0 Å². The van der Waals surface area contributed by atoms with E-state index in [1.54, 1.807) is 0 Å². The first-order valence-electron chi connectivity index (χ1n) is 3.66. The summed E-state index contributed by atoms with van der Waals surface area (Å²) < 4.78 is 5.33. The first-order chi connectivity index (χ1) is 5.70. The summed E-state index contributed by atoms with van der Waals surface area (Å²) in [5, 5.41) is 9.87. The second-order valence-electron chi connectivity index (χ2n) is 2.27. The van der Waals surface area contributed by atoms with Crippen molar-refractivity contribution in [1.29, 1.82) is 0 Å². The maximum Gasteiger partial charge on any atom is 0.303 e. The van der Waals surface area contributed by atoms with E-state index < -0.39 is 5.97 Å². The van der Waals surface area contributed by atoms with Crippen molar-refractivity contribution in [3.63, 3.8) is 0 Å². The maximum atomic E-state index is 10.2. The van der Waals surface area contributed by atoms with Crippen LogP contribution in [-0.2, 0) is 9.53 Å². The zero-order chi connectivity index (χ0) is 9.40. The molecule has 0 aromatic heterocycles. The maximum absolute atomic E-state index is 10.2. The van der Waals surface area contributed by atoms with Gasteiger partial charge in [-0.25, -0.2) is 0 Å². The average molecular weight is 304 g/mol. The van der Waals surface area contributed by atoms with E-state index in [1.165, 1.54) is 0 Å². The fourth-order valence-corrected chi connectivity index (χ4v) is 1.40. The Bertz CT molecular complexity index is 130. The zero-order valence-corrected chi connectivity index (χ0v) is 9.80. The molecule has 0 amide bonds. The molecule has 72 valence electrons. The Kier molecular flexibility index (Phi) is 8.27. The third kappa shape index (κ3) is 7.06. The number of aliphatic carboxylic acids is 1. The normalized spacial score (nSPS) is 12.8. The van der Waals surface area contributed by atoms with E-state index in [0.717, 1.165) is 5.33 Å². The van der Waals surface area contributed by atoms with Gasteiger partial charge in [0.15, 0.2) is 0 Å². The van der Waals surface area contributed by atoms with Gasteiger partial charge in [-0.1, -0.05) is 31.9 Å². The lowest BCUT2D eigenvalue weighted by molar-refractivity contribution is -0.137. The molecule has 0 aliphatic heterocycles. The van der Waals surface area contributed by atoms with Gasteiger partial charge in [0, 0.05) is 17.1 Å². The summed E-state index contributed by atoms with van der Waals surface area (Å²) in [6.45, 7) is 0.621.